The number of carbonyl (C=O) groups is 2. The van der Waals surface area contributed by atoms with Crippen LogP contribution in [0.4, 0.5) is 4.79 Å². The number of ether oxygens (including phenoxy) is 5. The maximum absolute atomic E-state index is 13.0. The van der Waals surface area contributed by atoms with Crippen molar-refractivity contribution >= 4 is 31.5 Å². The summed E-state index contributed by atoms with van der Waals surface area (Å²) >= 11 is -0.152. The molecule has 1 saturated heterocycles. The fourth-order valence-electron chi connectivity index (χ4n) is 3.55. The quantitative estimate of drug-likeness (QED) is 0.183. The topological polar surface area (TPSA) is 104 Å². The summed E-state index contributed by atoms with van der Waals surface area (Å²) in [5.74, 6) is -0.389. The Hall–Kier alpha value is -1.68. The minimum atomic E-state index is -0.711. The average Bonchev–Trinajstić information content (AvgIpc) is 3.15. The second kappa shape index (κ2) is 14.0. The van der Waals surface area contributed by atoms with Gasteiger partial charge in [0.25, 0.3) is 0 Å². The van der Waals surface area contributed by atoms with Crippen molar-refractivity contribution in [1.82, 2.24) is 4.90 Å². The van der Waals surface area contributed by atoms with Crippen LogP contribution in [0.3, 0.4) is 0 Å². The van der Waals surface area contributed by atoms with Crippen molar-refractivity contribution in [1.29, 1.82) is 0 Å². The van der Waals surface area contributed by atoms with Crippen molar-refractivity contribution in [3.63, 3.8) is 0 Å². The predicted octanol–water partition coefficient (Wildman–Crippen LogP) is 1.74. The van der Waals surface area contributed by atoms with E-state index >= 15 is 0 Å². The van der Waals surface area contributed by atoms with Gasteiger partial charge in [0.15, 0.2) is 0 Å². The summed E-state index contributed by atoms with van der Waals surface area (Å²) in [5.41, 5.74) is -0.681. The van der Waals surface area contributed by atoms with Gasteiger partial charge in [-0.15, -0.1) is 0 Å². The minimum absolute atomic E-state index is 0.0236. The molecule has 1 fully saturated rings. The standard InChI is InChI=1S/C24H37NO8Se/c1-17(26)31-15-21(34-19-9-7-6-8-10-19)22(32-16-30-12-11-29-5)20-13-18(27)14-25(20)23(28)33-24(2,3)4/h6-10,18,20-22,27H,11-16H2,1-5H3/t18-,20+,21?,22?/m1/s1. The van der Waals surface area contributed by atoms with Gasteiger partial charge in [-0.05, 0) is 0 Å². The van der Waals surface area contributed by atoms with Gasteiger partial charge < -0.3 is 0 Å². The summed E-state index contributed by atoms with van der Waals surface area (Å²) in [7, 11) is 1.59. The molecule has 2 rings (SSSR count). The molecule has 0 spiro atoms. The summed E-state index contributed by atoms with van der Waals surface area (Å²) in [6.07, 6.45) is -1.45. The summed E-state index contributed by atoms with van der Waals surface area (Å²) in [5, 5.41) is 10.5. The van der Waals surface area contributed by atoms with Crippen LogP contribution in [0, 0.1) is 0 Å². The van der Waals surface area contributed by atoms with Gasteiger partial charge >= 0.3 is 208 Å². The molecule has 1 aliphatic rings. The number of nitrogens with zero attached hydrogens (tertiary/aromatic N) is 1. The summed E-state index contributed by atoms with van der Waals surface area (Å²) in [4.78, 5) is 25.9. The molecule has 1 heterocycles. The van der Waals surface area contributed by atoms with E-state index in [1.54, 1.807) is 27.9 Å². The van der Waals surface area contributed by atoms with E-state index in [1.165, 1.54) is 11.8 Å². The molecule has 1 amide bonds. The van der Waals surface area contributed by atoms with E-state index < -0.39 is 29.9 Å². The zero-order valence-corrected chi connectivity index (χ0v) is 22.3. The third-order valence-electron chi connectivity index (χ3n) is 4.95. The van der Waals surface area contributed by atoms with Gasteiger partial charge in [-0.2, -0.15) is 0 Å². The fourth-order valence-corrected chi connectivity index (χ4v) is 6.05. The number of likely N-dealkylation sites (tertiary alicyclic amines) is 1. The molecule has 1 aromatic carbocycles. The van der Waals surface area contributed by atoms with Crippen LogP contribution in [0.15, 0.2) is 30.3 Å². The van der Waals surface area contributed by atoms with E-state index in [1.807, 2.05) is 30.3 Å². The molecule has 0 bridgehead atoms. The summed E-state index contributed by atoms with van der Waals surface area (Å²) in [6, 6.07) is 9.41. The van der Waals surface area contributed by atoms with Crippen molar-refractivity contribution in [2.75, 3.05) is 40.3 Å². The zero-order chi connectivity index (χ0) is 25.1. The van der Waals surface area contributed by atoms with Gasteiger partial charge in [-0.1, -0.05) is 0 Å². The van der Waals surface area contributed by atoms with Crippen LogP contribution in [0.1, 0.15) is 34.1 Å². The number of aliphatic hydroxyl groups is 1. The number of benzene rings is 1. The first-order chi connectivity index (χ1) is 16.1. The first-order valence-corrected chi connectivity index (χ1v) is 13.2. The third-order valence-corrected chi connectivity index (χ3v) is 7.58. The molecular formula is C24H37NO8Se. The van der Waals surface area contributed by atoms with Crippen LogP contribution in [-0.4, -0.2) is 101 Å². The van der Waals surface area contributed by atoms with Crippen molar-refractivity contribution in [2.45, 2.75) is 62.8 Å². The van der Waals surface area contributed by atoms with Crippen LogP contribution in [-0.2, 0) is 28.5 Å². The molecular weight excluding hydrogens is 509 g/mol. The van der Waals surface area contributed by atoms with E-state index in [-0.39, 0.29) is 45.7 Å². The molecule has 1 N–H and O–H groups in total. The molecule has 0 radical (unpaired) electrons. The number of hydrogen-bond donors (Lipinski definition) is 1. The van der Waals surface area contributed by atoms with Crippen LogP contribution in [0.2, 0.25) is 4.82 Å². The second-order valence-corrected chi connectivity index (χ2v) is 11.8. The van der Waals surface area contributed by atoms with E-state index in [0.29, 0.717) is 19.6 Å². The van der Waals surface area contributed by atoms with Crippen LogP contribution in [0.5, 0.6) is 0 Å². The van der Waals surface area contributed by atoms with Crippen molar-refractivity contribution in [3.8, 4) is 0 Å². The Morgan fingerprint density at radius 3 is 2.53 bits per heavy atom. The Kier molecular flexibility index (Phi) is 11.8. The Bertz CT molecular complexity index is 757. The van der Waals surface area contributed by atoms with Crippen LogP contribution in [0.25, 0.3) is 0 Å². The van der Waals surface area contributed by atoms with Gasteiger partial charge in [0.2, 0.25) is 0 Å². The van der Waals surface area contributed by atoms with Gasteiger partial charge in [0, 0.05) is 0 Å². The van der Waals surface area contributed by atoms with Gasteiger partial charge in [-0.3, -0.25) is 0 Å². The Balaban J connectivity index is 2.30. The van der Waals surface area contributed by atoms with Crippen LogP contribution >= 0.6 is 0 Å². The molecule has 1 aliphatic heterocycles. The fraction of sp³-hybridized carbons (Fsp3) is 0.667. The second-order valence-electron chi connectivity index (χ2n) is 9.01. The van der Waals surface area contributed by atoms with E-state index in [4.69, 9.17) is 23.7 Å². The molecule has 0 aliphatic carbocycles. The molecule has 0 aromatic heterocycles. The maximum atomic E-state index is 13.0. The molecule has 34 heavy (non-hydrogen) atoms. The number of rotatable bonds is 12. The number of hydrogen-bond acceptors (Lipinski definition) is 8. The molecule has 1 aromatic rings. The molecule has 2 unspecified atom stereocenters. The molecule has 10 heteroatoms. The van der Waals surface area contributed by atoms with E-state index in [0.717, 1.165) is 4.46 Å². The molecule has 9 nitrogen and oxygen atoms in total. The number of carbonyl (C=O) groups excluding carboxylic acids is 2. The van der Waals surface area contributed by atoms with Gasteiger partial charge in [0.1, 0.15) is 0 Å². The normalized spacial score (nSPS) is 20.1. The third kappa shape index (κ3) is 9.90. The van der Waals surface area contributed by atoms with Crippen molar-refractivity contribution in [2.24, 2.45) is 0 Å². The summed E-state index contributed by atoms with van der Waals surface area (Å²) in [6.45, 7) is 7.77. The monoisotopic (exact) mass is 547 g/mol. The summed E-state index contributed by atoms with van der Waals surface area (Å²) < 4.78 is 28.8. The first-order valence-electron chi connectivity index (χ1n) is 11.3. The van der Waals surface area contributed by atoms with Crippen molar-refractivity contribution < 1.29 is 38.4 Å². The number of esters is 1. The van der Waals surface area contributed by atoms with Crippen LogP contribution < -0.4 is 4.46 Å². The SMILES string of the molecule is COCCOCOC(C(COC(C)=O)[Se]c1ccccc1)[C@@H]1C[C@@H](O)CN1C(=O)OC(C)(C)C. The predicted molar refractivity (Wildman–Crippen MR) is 127 cm³/mol. The molecule has 4 atom stereocenters. The Morgan fingerprint density at radius 1 is 1.21 bits per heavy atom. The zero-order valence-electron chi connectivity index (χ0n) is 20.6. The average molecular weight is 547 g/mol. The van der Waals surface area contributed by atoms with E-state index in [2.05, 4.69) is 0 Å². The number of amides is 1. The van der Waals surface area contributed by atoms with E-state index in [9.17, 15) is 14.7 Å². The number of β-amino-alcohol motifs (C(OH)–C–C–N with tert-alkyl or cyclic N) is 1. The Labute approximate surface area is 208 Å². The molecule has 192 valence electrons. The van der Waals surface area contributed by atoms with Crippen molar-refractivity contribution in [3.05, 3.63) is 30.3 Å². The van der Waals surface area contributed by atoms with Gasteiger partial charge in [0.05, 0.1) is 0 Å². The van der Waals surface area contributed by atoms with Gasteiger partial charge in [-0.25, -0.2) is 0 Å². The first kappa shape index (κ1) is 28.6. The molecule has 0 saturated carbocycles. The number of methoxy groups -OCH3 is 1. The number of aliphatic hydroxyl groups excluding tert-OH is 1. The Morgan fingerprint density at radius 2 is 1.91 bits per heavy atom.